The first-order valence-corrected chi connectivity index (χ1v) is 6.76. The second-order valence-corrected chi connectivity index (χ2v) is 5.61. The van der Waals surface area contributed by atoms with Crippen LogP contribution >= 0.6 is 0 Å². The Morgan fingerprint density at radius 3 is 2.78 bits per heavy atom. The Bertz CT molecular complexity index is 445. The SMILES string of the molecule is CN1CCC2CCN(c3cccc(N)c3N)CC21. The van der Waals surface area contributed by atoms with Crippen LogP contribution in [0.5, 0.6) is 0 Å². The Labute approximate surface area is 109 Å². The summed E-state index contributed by atoms with van der Waals surface area (Å²) in [5, 5.41) is 0. The Balaban J connectivity index is 1.83. The quantitative estimate of drug-likeness (QED) is 0.735. The molecule has 2 fully saturated rings. The molecule has 4 heteroatoms. The number of likely N-dealkylation sites (tertiary alicyclic amines) is 1. The summed E-state index contributed by atoms with van der Waals surface area (Å²) in [7, 11) is 2.23. The number of nitrogen functional groups attached to an aromatic ring is 2. The lowest BCUT2D eigenvalue weighted by Crippen LogP contribution is -2.47. The Kier molecular flexibility index (Phi) is 2.82. The van der Waals surface area contributed by atoms with Gasteiger partial charge < -0.3 is 21.3 Å². The van der Waals surface area contributed by atoms with Crippen molar-refractivity contribution in [2.24, 2.45) is 5.92 Å². The summed E-state index contributed by atoms with van der Waals surface area (Å²) in [5.41, 5.74) is 14.5. The minimum absolute atomic E-state index is 0.680. The predicted molar refractivity (Wildman–Crippen MR) is 76.6 cm³/mol. The van der Waals surface area contributed by atoms with Crippen LogP contribution in [0.2, 0.25) is 0 Å². The fourth-order valence-corrected chi connectivity index (χ4v) is 3.42. The molecule has 2 saturated heterocycles. The number of likely N-dealkylation sites (N-methyl/N-ethyl adjacent to an activating group) is 1. The molecule has 2 aliphatic heterocycles. The van der Waals surface area contributed by atoms with Gasteiger partial charge in [0.25, 0.3) is 0 Å². The minimum Gasteiger partial charge on any atom is -0.397 e. The predicted octanol–water partition coefficient (Wildman–Crippen LogP) is 1.38. The van der Waals surface area contributed by atoms with Crippen molar-refractivity contribution in [1.29, 1.82) is 0 Å². The molecule has 3 rings (SSSR count). The van der Waals surface area contributed by atoms with E-state index >= 15 is 0 Å². The number of para-hydroxylation sites is 1. The maximum absolute atomic E-state index is 6.10. The van der Waals surface area contributed by atoms with Gasteiger partial charge in [0.05, 0.1) is 17.1 Å². The van der Waals surface area contributed by atoms with Crippen molar-refractivity contribution in [2.45, 2.75) is 18.9 Å². The van der Waals surface area contributed by atoms with Crippen molar-refractivity contribution in [2.75, 3.05) is 43.0 Å². The lowest BCUT2D eigenvalue weighted by atomic mass is 9.92. The Morgan fingerprint density at radius 1 is 1.17 bits per heavy atom. The van der Waals surface area contributed by atoms with E-state index in [4.69, 9.17) is 11.5 Å². The van der Waals surface area contributed by atoms with Crippen LogP contribution in [0.4, 0.5) is 17.1 Å². The summed E-state index contributed by atoms with van der Waals surface area (Å²) in [6, 6.07) is 6.62. The normalized spacial score (nSPS) is 28.4. The lowest BCUT2D eigenvalue weighted by molar-refractivity contribution is 0.246. The number of rotatable bonds is 1. The van der Waals surface area contributed by atoms with E-state index in [1.165, 1.54) is 19.4 Å². The summed E-state index contributed by atoms with van der Waals surface area (Å²) in [6.07, 6.45) is 2.62. The number of nitrogens with zero attached hydrogens (tertiary/aromatic N) is 2. The number of benzene rings is 1. The van der Waals surface area contributed by atoms with Gasteiger partial charge in [0.1, 0.15) is 0 Å². The van der Waals surface area contributed by atoms with Crippen molar-refractivity contribution in [3.63, 3.8) is 0 Å². The molecule has 0 aromatic heterocycles. The van der Waals surface area contributed by atoms with Crippen LogP contribution in [-0.2, 0) is 0 Å². The molecule has 1 aromatic carbocycles. The van der Waals surface area contributed by atoms with Gasteiger partial charge in [-0.15, -0.1) is 0 Å². The molecule has 18 heavy (non-hydrogen) atoms. The van der Waals surface area contributed by atoms with Gasteiger partial charge in [-0.1, -0.05) is 6.07 Å². The summed E-state index contributed by atoms with van der Waals surface area (Å²) < 4.78 is 0. The molecule has 0 aliphatic carbocycles. The lowest BCUT2D eigenvalue weighted by Gasteiger charge is -2.39. The molecule has 1 aromatic rings. The highest BCUT2D eigenvalue weighted by atomic mass is 15.2. The van der Waals surface area contributed by atoms with E-state index in [0.29, 0.717) is 11.7 Å². The Morgan fingerprint density at radius 2 is 1.94 bits per heavy atom. The van der Waals surface area contributed by atoms with E-state index in [9.17, 15) is 0 Å². The van der Waals surface area contributed by atoms with Crippen molar-refractivity contribution in [3.05, 3.63) is 18.2 Å². The van der Waals surface area contributed by atoms with Crippen LogP contribution in [-0.4, -0.2) is 37.6 Å². The first-order chi connectivity index (χ1) is 8.66. The molecule has 0 saturated carbocycles. The number of hydrogen-bond acceptors (Lipinski definition) is 4. The van der Waals surface area contributed by atoms with E-state index in [-0.39, 0.29) is 0 Å². The first-order valence-electron chi connectivity index (χ1n) is 6.76. The zero-order chi connectivity index (χ0) is 12.7. The average Bonchev–Trinajstić information content (AvgIpc) is 2.74. The number of anilines is 3. The zero-order valence-electron chi connectivity index (χ0n) is 11.0. The molecule has 2 atom stereocenters. The van der Waals surface area contributed by atoms with Gasteiger partial charge in [-0.25, -0.2) is 0 Å². The standard InChI is InChI=1S/C14H22N4/c1-17-7-5-10-6-8-18(9-13(10)17)12-4-2-3-11(15)14(12)16/h2-4,10,13H,5-9,15-16H2,1H3. The summed E-state index contributed by atoms with van der Waals surface area (Å²) in [6.45, 7) is 3.41. The molecule has 2 unspecified atom stereocenters. The van der Waals surface area contributed by atoms with Crippen LogP contribution in [0.3, 0.4) is 0 Å². The fourth-order valence-electron chi connectivity index (χ4n) is 3.42. The molecule has 0 radical (unpaired) electrons. The zero-order valence-corrected chi connectivity index (χ0v) is 11.0. The van der Waals surface area contributed by atoms with Gasteiger partial charge in [0.2, 0.25) is 0 Å². The highest BCUT2D eigenvalue weighted by molar-refractivity contribution is 5.79. The second kappa shape index (κ2) is 4.35. The number of hydrogen-bond donors (Lipinski definition) is 2. The van der Waals surface area contributed by atoms with Crippen LogP contribution in [0, 0.1) is 5.92 Å². The monoisotopic (exact) mass is 246 g/mol. The summed E-state index contributed by atoms with van der Waals surface area (Å²) in [4.78, 5) is 4.88. The molecule has 2 aliphatic rings. The molecule has 0 spiro atoms. The van der Waals surface area contributed by atoms with E-state index in [1.807, 2.05) is 12.1 Å². The molecular weight excluding hydrogens is 224 g/mol. The Hall–Kier alpha value is -1.42. The molecule has 0 bridgehead atoms. The molecule has 0 amide bonds. The molecule has 98 valence electrons. The van der Waals surface area contributed by atoms with Crippen LogP contribution < -0.4 is 16.4 Å². The van der Waals surface area contributed by atoms with Crippen LogP contribution in [0.15, 0.2) is 18.2 Å². The smallest absolute Gasteiger partial charge is 0.0785 e. The van der Waals surface area contributed by atoms with Crippen molar-refractivity contribution in [1.82, 2.24) is 4.90 Å². The van der Waals surface area contributed by atoms with Gasteiger partial charge in [0, 0.05) is 19.1 Å². The van der Waals surface area contributed by atoms with Crippen LogP contribution in [0.1, 0.15) is 12.8 Å². The van der Waals surface area contributed by atoms with Gasteiger partial charge in [-0.2, -0.15) is 0 Å². The fraction of sp³-hybridized carbons (Fsp3) is 0.571. The third-order valence-corrected chi connectivity index (χ3v) is 4.60. The largest absolute Gasteiger partial charge is 0.397 e. The molecular formula is C14H22N4. The third kappa shape index (κ3) is 1.81. The van der Waals surface area contributed by atoms with Crippen LogP contribution in [0.25, 0.3) is 0 Å². The first kappa shape index (κ1) is 11.7. The topological polar surface area (TPSA) is 58.5 Å². The average molecular weight is 246 g/mol. The summed E-state index contributed by atoms with van der Waals surface area (Å²) >= 11 is 0. The maximum atomic E-state index is 6.10. The van der Waals surface area contributed by atoms with Gasteiger partial charge in [-0.3, -0.25) is 0 Å². The van der Waals surface area contributed by atoms with E-state index in [1.54, 1.807) is 0 Å². The molecule has 4 N–H and O–H groups in total. The molecule has 4 nitrogen and oxygen atoms in total. The number of fused-ring (bicyclic) bond motifs is 1. The number of nitrogens with two attached hydrogens (primary N) is 2. The van der Waals surface area contributed by atoms with E-state index in [0.717, 1.165) is 30.4 Å². The van der Waals surface area contributed by atoms with Gasteiger partial charge >= 0.3 is 0 Å². The van der Waals surface area contributed by atoms with Gasteiger partial charge in [-0.05, 0) is 44.5 Å². The second-order valence-electron chi connectivity index (χ2n) is 5.61. The molecule has 2 heterocycles. The van der Waals surface area contributed by atoms with Crippen molar-refractivity contribution < 1.29 is 0 Å². The van der Waals surface area contributed by atoms with Crippen molar-refractivity contribution in [3.8, 4) is 0 Å². The number of piperidine rings is 1. The highest BCUT2D eigenvalue weighted by Gasteiger charge is 2.36. The van der Waals surface area contributed by atoms with Gasteiger partial charge in [0.15, 0.2) is 0 Å². The minimum atomic E-state index is 0.680. The third-order valence-electron chi connectivity index (χ3n) is 4.60. The summed E-state index contributed by atoms with van der Waals surface area (Å²) in [5.74, 6) is 0.869. The van der Waals surface area contributed by atoms with Crippen molar-refractivity contribution >= 4 is 17.1 Å². The van der Waals surface area contributed by atoms with E-state index in [2.05, 4.69) is 22.9 Å². The maximum Gasteiger partial charge on any atom is 0.0785 e. The van der Waals surface area contributed by atoms with E-state index < -0.39 is 0 Å². The highest BCUT2D eigenvalue weighted by Crippen LogP contribution is 2.35.